The van der Waals surface area contributed by atoms with E-state index in [1.54, 1.807) is 0 Å². The predicted molar refractivity (Wildman–Crippen MR) is 201 cm³/mol. The Hall–Kier alpha value is -6.65. The zero-order valence-electron chi connectivity index (χ0n) is 26.6. The van der Waals surface area contributed by atoms with E-state index < -0.39 is 0 Å². The van der Waals surface area contributed by atoms with Crippen molar-refractivity contribution in [3.05, 3.63) is 182 Å². The standard InChI is InChI=1S/C45H30N4/c1-3-11-31(12-4-1)34-27-29-38(30-28-34)49-42-18-10-9-17-41(42)48-45(49)37-25-21-33(22-26-37)32-19-23-36(24-20-32)44-43(35-13-5-2-6-14-35)46-39-15-7-8-16-40(39)47-44/h1-30H. The maximum Gasteiger partial charge on any atom is 0.145 e. The Labute approximate surface area is 284 Å². The molecule has 4 heteroatoms. The fraction of sp³-hybridized carbons (Fsp3) is 0. The summed E-state index contributed by atoms with van der Waals surface area (Å²) in [4.78, 5) is 15.2. The van der Waals surface area contributed by atoms with Crippen LogP contribution in [0.4, 0.5) is 0 Å². The summed E-state index contributed by atoms with van der Waals surface area (Å²) >= 11 is 0. The average molecular weight is 627 g/mol. The van der Waals surface area contributed by atoms with Crippen molar-refractivity contribution in [1.82, 2.24) is 19.5 Å². The number of benzene rings is 7. The molecule has 0 atom stereocenters. The summed E-state index contributed by atoms with van der Waals surface area (Å²) in [7, 11) is 0. The summed E-state index contributed by atoms with van der Waals surface area (Å²) in [6.07, 6.45) is 0. The number of nitrogens with zero attached hydrogens (tertiary/aromatic N) is 4. The van der Waals surface area contributed by atoms with E-state index in [1.165, 1.54) is 11.1 Å². The van der Waals surface area contributed by atoms with Crippen molar-refractivity contribution in [2.24, 2.45) is 0 Å². The zero-order chi connectivity index (χ0) is 32.6. The highest BCUT2D eigenvalue weighted by Crippen LogP contribution is 2.34. The van der Waals surface area contributed by atoms with Gasteiger partial charge in [0.1, 0.15) is 5.82 Å². The van der Waals surface area contributed by atoms with Crippen LogP contribution in [-0.4, -0.2) is 19.5 Å². The van der Waals surface area contributed by atoms with Crippen LogP contribution in [0, 0.1) is 0 Å². The molecule has 2 aromatic heterocycles. The third-order valence-corrected chi connectivity index (χ3v) is 9.05. The Morgan fingerprint density at radius 1 is 0.286 bits per heavy atom. The normalized spacial score (nSPS) is 11.3. The SMILES string of the molecule is c1ccc(-c2ccc(-n3c(-c4ccc(-c5ccc(-c6nc7ccccc7nc6-c6ccccc6)cc5)cc4)nc4ccccc43)cc2)cc1. The van der Waals surface area contributed by atoms with E-state index >= 15 is 0 Å². The predicted octanol–water partition coefficient (Wildman–Crippen LogP) is 11.3. The van der Waals surface area contributed by atoms with Gasteiger partial charge in [0.25, 0.3) is 0 Å². The Bertz CT molecular complexity index is 2550. The summed E-state index contributed by atoms with van der Waals surface area (Å²) < 4.78 is 2.25. The lowest BCUT2D eigenvalue weighted by Gasteiger charge is -2.12. The van der Waals surface area contributed by atoms with Crippen LogP contribution in [0.5, 0.6) is 0 Å². The first-order valence-electron chi connectivity index (χ1n) is 16.5. The number of hydrogen-bond acceptors (Lipinski definition) is 3. The minimum absolute atomic E-state index is 0.877. The highest BCUT2D eigenvalue weighted by molar-refractivity contribution is 5.87. The summed E-state index contributed by atoms with van der Waals surface area (Å²) in [5.74, 6) is 0.916. The zero-order valence-corrected chi connectivity index (χ0v) is 26.6. The molecule has 0 saturated heterocycles. The van der Waals surface area contributed by atoms with Crippen molar-refractivity contribution in [2.75, 3.05) is 0 Å². The van der Waals surface area contributed by atoms with Gasteiger partial charge in [-0.05, 0) is 58.7 Å². The van der Waals surface area contributed by atoms with Gasteiger partial charge in [0.2, 0.25) is 0 Å². The number of rotatable bonds is 6. The Kier molecular flexibility index (Phi) is 7.10. The minimum atomic E-state index is 0.877. The van der Waals surface area contributed by atoms with Crippen LogP contribution in [-0.2, 0) is 0 Å². The quantitative estimate of drug-likeness (QED) is 0.184. The fourth-order valence-electron chi connectivity index (χ4n) is 6.55. The van der Waals surface area contributed by atoms with Crippen molar-refractivity contribution in [1.29, 1.82) is 0 Å². The van der Waals surface area contributed by atoms with E-state index in [-0.39, 0.29) is 0 Å². The average Bonchev–Trinajstić information content (AvgIpc) is 3.58. The van der Waals surface area contributed by atoms with Gasteiger partial charge in [-0.25, -0.2) is 15.0 Å². The molecule has 0 bridgehead atoms. The summed E-state index contributed by atoms with van der Waals surface area (Å²) in [6.45, 7) is 0. The molecule has 0 unspecified atom stereocenters. The van der Waals surface area contributed by atoms with Crippen molar-refractivity contribution < 1.29 is 0 Å². The van der Waals surface area contributed by atoms with Crippen LogP contribution in [0.2, 0.25) is 0 Å². The first-order valence-corrected chi connectivity index (χ1v) is 16.5. The Morgan fingerprint density at radius 2 is 0.673 bits per heavy atom. The number of imidazole rings is 1. The molecular formula is C45H30N4. The van der Waals surface area contributed by atoms with Crippen LogP contribution >= 0.6 is 0 Å². The van der Waals surface area contributed by atoms with Crippen LogP contribution in [0.15, 0.2) is 182 Å². The molecule has 230 valence electrons. The van der Waals surface area contributed by atoms with Crippen LogP contribution in [0.25, 0.3) is 83.9 Å². The Morgan fingerprint density at radius 3 is 1.24 bits per heavy atom. The molecule has 0 spiro atoms. The topological polar surface area (TPSA) is 43.6 Å². The molecule has 0 radical (unpaired) electrons. The number of fused-ring (bicyclic) bond motifs is 2. The molecule has 7 aromatic carbocycles. The van der Waals surface area contributed by atoms with E-state index in [2.05, 4.69) is 132 Å². The lowest BCUT2D eigenvalue weighted by molar-refractivity contribution is 1.10. The second-order valence-corrected chi connectivity index (χ2v) is 12.1. The molecule has 0 saturated carbocycles. The fourth-order valence-corrected chi connectivity index (χ4v) is 6.55. The van der Waals surface area contributed by atoms with Crippen molar-refractivity contribution in [2.45, 2.75) is 0 Å². The summed E-state index contributed by atoms with van der Waals surface area (Å²) in [6, 6.07) is 63.2. The molecule has 0 aliphatic rings. The molecule has 49 heavy (non-hydrogen) atoms. The molecule has 0 fully saturated rings. The van der Waals surface area contributed by atoms with Crippen LogP contribution < -0.4 is 0 Å². The van der Waals surface area contributed by atoms with Crippen molar-refractivity contribution >= 4 is 22.1 Å². The third-order valence-electron chi connectivity index (χ3n) is 9.05. The van der Waals surface area contributed by atoms with Gasteiger partial charge in [-0.2, -0.15) is 0 Å². The molecule has 9 rings (SSSR count). The van der Waals surface area contributed by atoms with Crippen LogP contribution in [0.3, 0.4) is 0 Å². The highest BCUT2D eigenvalue weighted by atomic mass is 15.1. The van der Waals surface area contributed by atoms with Gasteiger partial charge in [0.05, 0.1) is 33.5 Å². The lowest BCUT2D eigenvalue weighted by Crippen LogP contribution is -1.97. The Balaban J connectivity index is 1.05. The number of hydrogen-bond donors (Lipinski definition) is 0. The lowest BCUT2D eigenvalue weighted by atomic mass is 9.99. The van der Waals surface area contributed by atoms with Gasteiger partial charge in [-0.1, -0.05) is 146 Å². The van der Waals surface area contributed by atoms with Gasteiger partial charge in [-0.3, -0.25) is 4.57 Å². The van der Waals surface area contributed by atoms with Crippen molar-refractivity contribution in [3.63, 3.8) is 0 Å². The molecule has 4 nitrogen and oxygen atoms in total. The second-order valence-electron chi connectivity index (χ2n) is 12.1. The second kappa shape index (κ2) is 12.2. The molecule has 9 aromatic rings. The molecule has 2 heterocycles. The van der Waals surface area contributed by atoms with Crippen LogP contribution in [0.1, 0.15) is 0 Å². The molecular weight excluding hydrogens is 597 g/mol. The first-order chi connectivity index (χ1) is 24.3. The summed E-state index contributed by atoms with van der Waals surface area (Å²) in [5.41, 5.74) is 14.5. The van der Waals surface area contributed by atoms with E-state index in [1.807, 2.05) is 54.6 Å². The van der Waals surface area contributed by atoms with E-state index in [0.29, 0.717) is 0 Å². The maximum atomic E-state index is 5.09. The summed E-state index contributed by atoms with van der Waals surface area (Å²) in [5, 5.41) is 0. The van der Waals surface area contributed by atoms with E-state index in [9.17, 15) is 0 Å². The van der Waals surface area contributed by atoms with Gasteiger partial charge in [0, 0.05) is 22.4 Å². The molecule has 0 aliphatic heterocycles. The highest BCUT2D eigenvalue weighted by Gasteiger charge is 2.16. The maximum absolute atomic E-state index is 5.09. The molecule has 0 N–H and O–H groups in total. The monoisotopic (exact) mass is 626 g/mol. The third kappa shape index (κ3) is 5.35. The first kappa shape index (κ1) is 28.6. The smallest absolute Gasteiger partial charge is 0.145 e. The number of aromatic nitrogens is 4. The molecule has 0 amide bonds. The largest absolute Gasteiger partial charge is 0.292 e. The van der Waals surface area contributed by atoms with Gasteiger partial charge >= 0.3 is 0 Å². The van der Waals surface area contributed by atoms with E-state index in [0.717, 1.165) is 72.8 Å². The molecule has 0 aliphatic carbocycles. The minimum Gasteiger partial charge on any atom is -0.292 e. The van der Waals surface area contributed by atoms with Gasteiger partial charge in [0.15, 0.2) is 0 Å². The number of para-hydroxylation sites is 4. The van der Waals surface area contributed by atoms with Crippen molar-refractivity contribution in [3.8, 4) is 61.8 Å². The van der Waals surface area contributed by atoms with E-state index in [4.69, 9.17) is 15.0 Å². The van der Waals surface area contributed by atoms with Gasteiger partial charge < -0.3 is 0 Å². The van der Waals surface area contributed by atoms with Gasteiger partial charge in [-0.15, -0.1) is 0 Å².